The Morgan fingerprint density at radius 2 is 1.91 bits per heavy atom. The Labute approximate surface area is 137 Å². The molecular weight excluding hydrogens is 292 g/mol. The summed E-state index contributed by atoms with van der Waals surface area (Å²) in [5, 5.41) is 3.90. The fraction of sp³-hybridized carbons (Fsp3) is 0.529. The number of methoxy groups -OCH3 is 1. The van der Waals surface area contributed by atoms with Crippen molar-refractivity contribution in [1.82, 2.24) is 15.0 Å². The van der Waals surface area contributed by atoms with Crippen LogP contribution in [0.4, 0.5) is 5.69 Å². The van der Waals surface area contributed by atoms with E-state index in [2.05, 4.69) is 39.0 Å². The summed E-state index contributed by atoms with van der Waals surface area (Å²) in [6.07, 6.45) is 1.11. The SMILES string of the molecule is COc1ccc(N2CCCN([C@@H](C)c3nc(C)no3)CC2)cc1. The Balaban J connectivity index is 1.64. The zero-order valence-corrected chi connectivity index (χ0v) is 14.0. The maximum Gasteiger partial charge on any atom is 0.243 e. The lowest BCUT2D eigenvalue weighted by Gasteiger charge is -2.26. The molecule has 124 valence electrons. The second-order valence-electron chi connectivity index (χ2n) is 5.93. The van der Waals surface area contributed by atoms with Crippen molar-refractivity contribution in [2.75, 3.05) is 38.2 Å². The number of hydrogen-bond acceptors (Lipinski definition) is 6. The number of anilines is 1. The van der Waals surface area contributed by atoms with Crippen LogP contribution in [0.1, 0.15) is 31.1 Å². The molecule has 0 amide bonds. The number of ether oxygens (including phenoxy) is 1. The lowest BCUT2D eigenvalue weighted by atomic mass is 10.2. The minimum Gasteiger partial charge on any atom is -0.497 e. The summed E-state index contributed by atoms with van der Waals surface area (Å²) in [5.41, 5.74) is 1.24. The quantitative estimate of drug-likeness (QED) is 0.864. The number of hydrogen-bond donors (Lipinski definition) is 0. The van der Waals surface area contributed by atoms with Gasteiger partial charge in [0.25, 0.3) is 0 Å². The van der Waals surface area contributed by atoms with Crippen LogP contribution in [0.3, 0.4) is 0 Å². The van der Waals surface area contributed by atoms with E-state index >= 15 is 0 Å². The molecule has 2 aromatic rings. The Morgan fingerprint density at radius 1 is 1.13 bits per heavy atom. The zero-order valence-electron chi connectivity index (χ0n) is 14.0. The summed E-state index contributed by atoms with van der Waals surface area (Å²) >= 11 is 0. The van der Waals surface area contributed by atoms with Crippen LogP contribution < -0.4 is 9.64 Å². The lowest BCUT2D eigenvalue weighted by molar-refractivity contribution is 0.184. The average molecular weight is 316 g/mol. The Kier molecular flexibility index (Phi) is 4.81. The highest BCUT2D eigenvalue weighted by Gasteiger charge is 2.24. The molecule has 0 aliphatic carbocycles. The van der Waals surface area contributed by atoms with Crippen molar-refractivity contribution in [3.05, 3.63) is 36.0 Å². The van der Waals surface area contributed by atoms with Crippen molar-refractivity contribution in [3.8, 4) is 5.75 Å². The van der Waals surface area contributed by atoms with Crippen molar-refractivity contribution >= 4 is 5.69 Å². The first-order valence-corrected chi connectivity index (χ1v) is 8.10. The van der Waals surface area contributed by atoms with Crippen molar-refractivity contribution in [1.29, 1.82) is 0 Å². The molecule has 0 saturated carbocycles. The molecule has 3 rings (SSSR count). The molecule has 0 N–H and O–H groups in total. The minimum absolute atomic E-state index is 0.159. The van der Waals surface area contributed by atoms with Gasteiger partial charge in [0.05, 0.1) is 13.2 Å². The average Bonchev–Trinajstić information content (AvgIpc) is 2.87. The molecular formula is C17H24N4O2. The summed E-state index contributed by atoms with van der Waals surface area (Å²) in [4.78, 5) is 9.20. The number of aryl methyl sites for hydroxylation is 1. The van der Waals surface area contributed by atoms with Gasteiger partial charge in [0.1, 0.15) is 5.75 Å². The van der Waals surface area contributed by atoms with Gasteiger partial charge in [-0.3, -0.25) is 4.90 Å². The van der Waals surface area contributed by atoms with Gasteiger partial charge in [-0.05, 0) is 44.5 Å². The number of benzene rings is 1. The predicted octanol–water partition coefficient (Wildman–Crippen LogP) is 2.66. The van der Waals surface area contributed by atoms with Crippen LogP contribution in [0.2, 0.25) is 0 Å². The highest BCUT2D eigenvalue weighted by molar-refractivity contribution is 5.49. The van der Waals surface area contributed by atoms with E-state index in [0.717, 1.165) is 38.3 Å². The zero-order chi connectivity index (χ0) is 16.2. The molecule has 1 aliphatic heterocycles. The van der Waals surface area contributed by atoms with Crippen molar-refractivity contribution in [3.63, 3.8) is 0 Å². The van der Waals surface area contributed by atoms with E-state index in [4.69, 9.17) is 9.26 Å². The molecule has 23 heavy (non-hydrogen) atoms. The van der Waals surface area contributed by atoms with Gasteiger partial charge in [-0.2, -0.15) is 4.98 Å². The van der Waals surface area contributed by atoms with Gasteiger partial charge in [-0.25, -0.2) is 0 Å². The lowest BCUT2D eigenvalue weighted by Crippen LogP contribution is -2.32. The van der Waals surface area contributed by atoms with Gasteiger partial charge in [0.15, 0.2) is 5.82 Å². The van der Waals surface area contributed by atoms with Crippen LogP contribution in [0, 0.1) is 6.92 Å². The first-order chi connectivity index (χ1) is 11.2. The highest BCUT2D eigenvalue weighted by Crippen LogP contribution is 2.24. The molecule has 0 spiro atoms. The first kappa shape index (κ1) is 15.8. The van der Waals surface area contributed by atoms with Gasteiger partial charge in [0.2, 0.25) is 5.89 Å². The molecule has 6 nitrogen and oxygen atoms in total. The standard InChI is InChI=1S/C17H24N4O2/c1-13(17-18-14(2)19-23-17)20-9-4-10-21(12-11-20)15-5-7-16(22-3)8-6-15/h5-8,13H,4,9-12H2,1-3H3/t13-/m0/s1. The van der Waals surface area contributed by atoms with Gasteiger partial charge in [0, 0.05) is 31.9 Å². The summed E-state index contributed by atoms with van der Waals surface area (Å²) in [6, 6.07) is 8.44. The molecule has 1 fully saturated rings. The Bertz CT molecular complexity index is 626. The molecule has 2 heterocycles. The summed E-state index contributed by atoms with van der Waals surface area (Å²) in [6.45, 7) is 8.05. The summed E-state index contributed by atoms with van der Waals surface area (Å²) < 4.78 is 10.6. The van der Waals surface area contributed by atoms with Gasteiger partial charge < -0.3 is 14.2 Å². The molecule has 6 heteroatoms. The Morgan fingerprint density at radius 3 is 2.57 bits per heavy atom. The predicted molar refractivity (Wildman–Crippen MR) is 88.8 cm³/mol. The molecule has 1 saturated heterocycles. The van der Waals surface area contributed by atoms with E-state index in [0.29, 0.717) is 11.7 Å². The van der Waals surface area contributed by atoms with Crippen molar-refractivity contribution < 1.29 is 9.26 Å². The fourth-order valence-electron chi connectivity index (χ4n) is 3.01. The topological polar surface area (TPSA) is 54.6 Å². The van der Waals surface area contributed by atoms with Gasteiger partial charge in [-0.15, -0.1) is 0 Å². The van der Waals surface area contributed by atoms with E-state index in [1.54, 1.807) is 7.11 Å². The van der Waals surface area contributed by atoms with Crippen LogP contribution in [0.5, 0.6) is 5.75 Å². The number of rotatable bonds is 4. The third kappa shape index (κ3) is 3.64. The molecule has 1 atom stereocenters. The largest absolute Gasteiger partial charge is 0.497 e. The number of nitrogens with zero attached hydrogens (tertiary/aromatic N) is 4. The molecule has 1 aromatic heterocycles. The molecule has 1 aromatic carbocycles. The van der Waals surface area contributed by atoms with Crippen LogP contribution in [-0.4, -0.2) is 48.3 Å². The fourth-order valence-corrected chi connectivity index (χ4v) is 3.01. The molecule has 0 radical (unpaired) electrons. The van der Waals surface area contributed by atoms with E-state index in [1.165, 1.54) is 5.69 Å². The maximum absolute atomic E-state index is 5.33. The third-order valence-corrected chi connectivity index (χ3v) is 4.42. The second-order valence-corrected chi connectivity index (χ2v) is 5.93. The van der Waals surface area contributed by atoms with Crippen LogP contribution >= 0.6 is 0 Å². The molecule has 1 aliphatic rings. The molecule has 0 bridgehead atoms. The van der Waals surface area contributed by atoms with E-state index in [-0.39, 0.29) is 6.04 Å². The van der Waals surface area contributed by atoms with E-state index < -0.39 is 0 Å². The summed E-state index contributed by atoms with van der Waals surface area (Å²) in [5.74, 6) is 2.30. The van der Waals surface area contributed by atoms with E-state index in [9.17, 15) is 0 Å². The van der Waals surface area contributed by atoms with E-state index in [1.807, 2.05) is 19.1 Å². The van der Waals surface area contributed by atoms with Crippen molar-refractivity contribution in [2.45, 2.75) is 26.3 Å². The Hall–Kier alpha value is -2.08. The van der Waals surface area contributed by atoms with Crippen LogP contribution in [0.15, 0.2) is 28.8 Å². The third-order valence-electron chi connectivity index (χ3n) is 4.42. The monoisotopic (exact) mass is 316 g/mol. The van der Waals surface area contributed by atoms with Crippen LogP contribution in [-0.2, 0) is 0 Å². The van der Waals surface area contributed by atoms with Crippen LogP contribution in [0.25, 0.3) is 0 Å². The normalized spacial score (nSPS) is 17.8. The first-order valence-electron chi connectivity index (χ1n) is 8.10. The van der Waals surface area contributed by atoms with Gasteiger partial charge >= 0.3 is 0 Å². The summed E-state index contributed by atoms with van der Waals surface area (Å²) in [7, 11) is 1.69. The second kappa shape index (κ2) is 7.00. The maximum atomic E-state index is 5.33. The smallest absolute Gasteiger partial charge is 0.243 e. The number of aromatic nitrogens is 2. The van der Waals surface area contributed by atoms with Crippen molar-refractivity contribution in [2.24, 2.45) is 0 Å². The molecule has 0 unspecified atom stereocenters. The highest BCUT2D eigenvalue weighted by atomic mass is 16.5. The van der Waals surface area contributed by atoms with Gasteiger partial charge in [-0.1, -0.05) is 5.16 Å². The minimum atomic E-state index is 0.159.